The Morgan fingerprint density at radius 3 is 2.85 bits per heavy atom. The molecule has 0 aromatic heterocycles. The van der Waals surface area contributed by atoms with Gasteiger partial charge in [0.15, 0.2) is 0 Å². The maximum absolute atomic E-state index is 13.6. The number of ether oxygens (including phenoxy) is 2. The lowest BCUT2D eigenvalue weighted by Gasteiger charge is -2.38. The van der Waals surface area contributed by atoms with Crippen LogP contribution in [0.1, 0.15) is 38.5 Å². The van der Waals surface area contributed by atoms with Crippen LogP contribution >= 0.6 is 15.9 Å². The Hall–Kier alpha value is -0.810. The molecule has 3 rings (SSSR count). The fraction of sp³-hybridized carbons (Fsp3) is 0.600. The summed E-state index contributed by atoms with van der Waals surface area (Å²) in [7, 11) is 0. The lowest BCUT2D eigenvalue weighted by atomic mass is 9.90. The van der Waals surface area contributed by atoms with Gasteiger partial charge in [-0.15, -0.1) is 0 Å². The van der Waals surface area contributed by atoms with Crippen LogP contribution in [0.4, 0.5) is 10.1 Å². The summed E-state index contributed by atoms with van der Waals surface area (Å²) in [6.45, 7) is 0.712. The van der Waals surface area contributed by atoms with Gasteiger partial charge in [0.2, 0.25) is 0 Å². The minimum Gasteiger partial charge on any atom is -0.488 e. The second kappa shape index (κ2) is 5.53. The molecule has 1 aliphatic carbocycles. The quantitative estimate of drug-likeness (QED) is 0.824. The number of nitrogens with two attached hydrogens (primary N) is 1. The Morgan fingerprint density at radius 1 is 1.35 bits per heavy atom. The molecule has 2 fully saturated rings. The average Bonchev–Trinajstić information content (AvgIpc) is 2.84. The van der Waals surface area contributed by atoms with Crippen molar-refractivity contribution >= 4 is 21.6 Å². The summed E-state index contributed by atoms with van der Waals surface area (Å²) in [5.41, 5.74) is 6.35. The molecule has 1 heterocycles. The van der Waals surface area contributed by atoms with Gasteiger partial charge in [-0.25, -0.2) is 4.39 Å². The Labute approximate surface area is 126 Å². The highest BCUT2D eigenvalue weighted by Crippen LogP contribution is 2.41. The molecule has 1 aromatic carbocycles. The minimum atomic E-state index is -0.350. The summed E-state index contributed by atoms with van der Waals surface area (Å²) in [6, 6.07) is 2.91. The SMILES string of the molecule is Nc1cc(Br)c(F)cc1OC1CCOC2(CCCC2)C1. The molecule has 110 valence electrons. The number of anilines is 1. The van der Waals surface area contributed by atoms with Crippen LogP contribution in [0.15, 0.2) is 16.6 Å². The zero-order chi connectivity index (χ0) is 14.2. The van der Waals surface area contributed by atoms with E-state index in [4.69, 9.17) is 15.2 Å². The van der Waals surface area contributed by atoms with Gasteiger partial charge in [0, 0.05) is 18.9 Å². The average molecular weight is 344 g/mol. The monoisotopic (exact) mass is 343 g/mol. The molecule has 0 radical (unpaired) electrons. The molecule has 0 amide bonds. The maximum Gasteiger partial charge on any atom is 0.145 e. The molecule has 5 heteroatoms. The Morgan fingerprint density at radius 2 is 2.10 bits per heavy atom. The van der Waals surface area contributed by atoms with Crippen molar-refractivity contribution in [3.63, 3.8) is 0 Å². The van der Waals surface area contributed by atoms with Gasteiger partial charge in [-0.1, -0.05) is 12.8 Å². The van der Waals surface area contributed by atoms with Crippen LogP contribution < -0.4 is 10.5 Å². The maximum atomic E-state index is 13.6. The second-order valence-corrected chi connectivity index (χ2v) is 6.63. The highest BCUT2D eigenvalue weighted by molar-refractivity contribution is 9.10. The molecular formula is C15H19BrFNO2. The Balaban J connectivity index is 1.73. The van der Waals surface area contributed by atoms with E-state index >= 15 is 0 Å². The van der Waals surface area contributed by atoms with Gasteiger partial charge in [0.25, 0.3) is 0 Å². The molecule has 1 saturated heterocycles. The Bertz CT molecular complexity index is 503. The smallest absolute Gasteiger partial charge is 0.145 e. The van der Waals surface area contributed by atoms with Crippen molar-refractivity contribution < 1.29 is 13.9 Å². The normalized spacial score (nSPS) is 25.0. The minimum absolute atomic E-state index is 0.00835. The molecule has 2 aliphatic rings. The van der Waals surface area contributed by atoms with Crippen LogP contribution in [0, 0.1) is 5.82 Å². The first-order chi connectivity index (χ1) is 9.58. The first kappa shape index (κ1) is 14.1. The van der Waals surface area contributed by atoms with E-state index in [1.165, 1.54) is 18.9 Å². The first-order valence-electron chi connectivity index (χ1n) is 7.13. The number of rotatable bonds is 2. The van der Waals surface area contributed by atoms with E-state index in [-0.39, 0.29) is 17.5 Å². The largest absolute Gasteiger partial charge is 0.488 e. The van der Waals surface area contributed by atoms with Crippen LogP contribution in [0.5, 0.6) is 5.75 Å². The molecule has 1 saturated carbocycles. The van der Waals surface area contributed by atoms with E-state index in [9.17, 15) is 4.39 Å². The highest BCUT2D eigenvalue weighted by atomic mass is 79.9. The third kappa shape index (κ3) is 2.79. The summed E-state index contributed by atoms with van der Waals surface area (Å²) >= 11 is 3.12. The van der Waals surface area contributed by atoms with Gasteiger partial charge in [-0.3, -0.25) is 0 Å². The van der Waals surface area contributed by atoms with Gasteiger partial charge in [-0.2, -0.15) is 0 Å². The van der Waals surface area contributed by atoms with Crippen molar-refractivity contribution in [3.05, 3.63) is 22.4 Å². The zero-order valence-corrected chi connectivity index (χ0v) is 12.9. The molecule has 3 nitrogen and oxygen atoms in total. The first-order valence-corrected chi connectivity index (χ1v) is 7.92. The van der Waals surface area contributed by atoms with Crippen molar-refractivity contribution in [1.29, 1.82) is 0 Å². The van der Waals surface area contributed by atoms with E-state index in [2.05, 4.69) is 15.9 Å². The van der Waals surface area contributed by atoms with Gasteiger partial charge in [0.1, 0.15) is 17.7 Å². The standard InChI is InChI=1S/C15H19BrFNO2/c16-11-7-13(18)14(8-12(11)17)20-10-3-6-19-15(9-10)4-1-2-5-15/h7-8,10H,1-6,9,18H2. The summed E-state index contributed by atoms with van der Waals surface area (Å²) in [4.78, 5) is 0. The van der Waals surface area contributed by atoms with E-state index < -0.39 is 0 Å². The van der Waals surface area contributed by atoms with Crippen molar-refractivity contribution in [3.8, 4) is 5.75 Å². The van der Waals surface area contributed by atoms with Gasteiger partial charge in [-0.05, 0) is 34.8 Å². The molecule has 1 spiro atoms. The van der Waals surface area contributed by atoms with Gasteiger partial charge < -0.3 is 15.2 Å². The second-order valence-electron chi connectivity index (χ2n) is 5.78. The molecule has 1 aliphatic heterocycles. The third-order valence-corrected chi connectivity index (χ3v) is 4.92. The fourth-order valence-electron chi connectivity index (χ4n) is 3.28. The fourth-order valence-corrected chi connectivity index (χ4v) is 3.64. The molecule has 2 N–H and O–H groups in total. The Kier molecular flexibility index (Phi) is 3.91. The number of nitrogen functional groups attached to an aromatic ring is 1. The predicted octanol–water partition coefficient (Wildman–Crippen LogP) is 4.04. The van der Waals surface area contributed by atoms with E-state index in [1.807, 2.05) is 0 Å². The van der Waals surface area contributed by atoms with Crippen LogP contribution in [-0.4, -0.2) is 18.3 Å². The summed E-state index contributed by atoms with van der Waals surface area (Å²) in [5, 5.41) is 0. The molecule has 1 unspecified atom stereocenters. The van der Waals surface area contributed by atoms with Gasteiger partial charge in [0.05, 0.1) is 22.4 Å². The summed E-state index contributed by atoms with van der Waals surface area (Å²) in [5.74, 6) is 0.0857. The number of hydrogen-bond donors (Lipinski definition) is 1. The van der Waals surface area contributed by atoms with E-state index in [0.29, 0.717) is 22.5 Å². The number of halogens is 2. The molecule has 1 aromatic rings. The van der Waals surface area contributed by atoms with Gasteiger partial charge >= 0.3 is 0 Å². The van der Waals surface area contributed by atoms with E-state index in [0.717, 1.165) is 25.7 Å². The molecule has 0 bridgehead atoms. The molecular weight excluding hydrogens is 325 g/mol. The van der Waals surface area contributed by atoms with Crippen LogP contribution in [0.25, 0.3) is 0 Å². The van der Waals surface area contributed by atoms with Crippen molar-refractivity contribution in [2.24, 2.45) is 0 Å². The zero-order valence-electron chi connectivity index (χ0n) is 11.3. The highest BCUT2D eigenvalue weighted by Gasteiger charge is 2.40. The van der Waals surface area contributed by atoms with Crippen LogP contribution in [0.3, 0.4) is 0 Å². The summed E-state index contributed by atoms with van der Waals surface area (Å²) < 4.78 is 25.9. The topological polar surface area (TPSA) is 44.5 Å². The molecule has 20 heavy (non-hydrogen) atoms. The lowest BCUT2D eigenvalue weighted by Crippen LogP contribution is -2.41. The van der Waals surface area contributed by atoms with Crippen LogP contribution in [-0.2, 0) is 4.74 Å². The van der Waals surface area contributed by atoms with Crippen molar-refractivity contribution in [2.75, 3.05) is 12.3 Å². The van der Waals surface area contributed by atoms with Crippen molar-refractivity contribution in [1.82, 2.24) is 0 Å². The van der Waals surface area contributed by atoms with Crippen LogP contribution in [0.2, 0.25) is 0 Å². The molecule has 1 atom stereocenters. The van der Waals surface area contributed by atoms with Crippen molar-refractivity contribution in [2.45, 2.75) is 50.2 Å². The predicted molar refractivity (Wildman–Crippen MR) is 79.3 cm³/mol. The number of hydrogen-bond acceptors (Lipinski definition) is 3. The van der Waals surface area contributed by atoms with E-state index in [1.54, 1.807) is 6.07 Å². The lowest BCUT2D eigenvalue weighted by molar-refractivity contribution is -0.108. The summed E-state index contributed by atoms with van der Waals surface area (Å²) in [6.07, 6.45) is 6.44. The number of benzene rings is 1. The third-order valence-electron chi connectivity index (χ3n) is 4.31.